The van der Waals surface area contributed by atoms with Gasteiger partial charge >= 0.3 is 0 Å². The molecule has 1 aliphatic rings. The number of ketones is 1. The van der Waals surface area contributed by atoms with Crippen molar-refractivity contribution < 1.29 is 9.59 Å². The third-order valence-electron chi connectivity index (χ3n) is 3.20. The molecule has 1 saturated carbocycles. The maximum absolute atomic E-state index is 11.5. The predicted molar refractivity (Wildman–Crippen MR) is 63.2 cm³/mol. The molecule has 1 fully saturated rings. The lowest BCUT2D eigenvalue weighted by Gasteiger charge is -2.28. The Labute approximate surface area is 97.2 Å². The summed E-state index contributed by atoms with van der Waals surface area (Å²) in [6, 6.07) is 0.912. The van der Waals surface area contributed by atoms with E-state index in [4.69, 9.17) is 0 Å². The SMILES string of the molecule is CNC1CCC(NC(=O)CCC(C)=O)CC1. The quantitative estimate of drug-likeness (QED) is 0.735. The van der Waals surface area contributed by atoms with E-state index in [1.165, 1.54) is 6.92 Å². The van der Waals surface area contributed by atoms with Gasteiger partial charge in [-0.2, -0.15) is 0 Å². The molecule has 1 aliphatic carbocycles. The van der Waals surface area contributed by atoms with Crippen molar-refractivity contribution in [3.63, 3.8) is 0 Å². The van der Waals surface area contributed by atoms with Crippen LogP contribution < -0.4 is 10.6 Å². The highest BCUT2D eigenvalue weighted by atomic mass is 16.2. The first-order valence-corrected chi connectivity index (χ1v) is 6.08. The number of amides is 1. The summed E-state index contributed by atoms with van der Waals surface area (Å²) in [6.07, 6.45) is 5.01. The number of hydrogen-bond acceptors (Lipinski definition) is 3. The van der Waals surface area contributed by atoms with Crippen molar-refractivity contribution in [2.45, 2.75) is 57.5 Å². The summed E-state index contributed by atoms with van der Waals surface area (Å²) >= 11 is 0. The number of nitrogens with one attached hydrogen (secondary N) is 2. The fraction of sp³-hybridized carbons (Fsp3) is 0.833. The van der Waals surface area contributed by atoms with Crippen molar-refractivity contribution in [3.8, 4) is 0 Å². The summed E-state index contributed by atoms with van der Waals surface area (Å²) in [7, 11) is 1.98. The van der Waals surface area contributed by atoms with Crippen LogP contribution in [0.25, 0.3) is 0 Å². The van der Waals surface area contributed by atoms with Crippen LogP contribution in [-0.4, -0.2) is 30.8 Å². The molecule has 0 spiro atoms. The molecule has 16 heavy (non-hydrogen) atoms. The van der Waals surface area contributed by atoms with E-state index in [0.29, 0.717) is 24.9 Å². The van der Waals surface area contributed by atoms with Gasteiger partial charge in [0.2, 0.25) is 5.91 Å². The summed E-state index contributed by atoms with van der Waals surface area (Å²) in [4.78, 5) is 22.2. The second-order valence-corrected chi connectivity index (χ2v) is 4.61. The van der Waals surface area contributed by atoms with Crippen molar-refractivity contribution >= 4 is 11.7 Å². The summed E-state index contributed by atoms with van der Waals surface area (Å²) < 4.78 is 0. The van der Waals surface area contributed by atoms with E-state index in [1.54, 1.807) is 0 Å². The lowest BCUT2D eigenvalue weighted by Crippen LogP contribution is -2.41. The number of carbonyl (C=O) groups is 2. The highest BCUT2D eigenvalue weighted by molar-refractivity contribution is 5.83. The molecule has 0 atom stereocenters. The average molecular weight is 226 g/mol. The second-order valence-electron chi connectivity index (χ2n) is 4.61. The molecule has 0 heterocycles. The van der Waals surface area contributed by atoms with Crippen molar-refractivity contribution in [1.82, 2.24) is 10.6 Å². The molecule has 4 nitrogen and oxygen atoms in total. The summed E-state index contributed by atoms with van der Waals surface area (Å²) in [6.45, 7) is 1.52. The first-order chi connectivity index (χ1) is 7.61. The smallest absolute Gasteiger partial charge is 0.220 e. The minimum atomic E-state index is 0.0168. The van der Waals surface area contributed by atoms with Crippen LogP contribution >= 0.6 is 0 Å². The molecule has 0 aromatic rings. The lowest BCUT2D eigenvalue weighted by molar-refractivity contribution is -0.125. The van der Waals surface area contributed by atoms with Crippen LogP contribution in [0.15, 0.2) is 0 Å². The molecule has 0 saturated heterocycles. The van der Waals surface area contributed by atoms with Gasteiger partial charge in [-0.25, -0.2) is 0 Å². The highest BCUT2D eigenvalue weighted by Crippen LogP contribution is 2.18. The molecular weight excluding hydrogens is 204 g/mol. The van der Waals surface area contributed by atoms with Gasteiger partial charge in [-0.05, 0) is 39.7 Å². The average Bonchev–Trinajstić information content (AvgIpc) is 2.27. The van der Waals surface area contributed by atoms with Crippen molar-refractivity contribution in [3.05, 3.63) is 0 Å². The van der Waals surface area contributed by atoms with Crippen molar-refractivity contribution in [2.75, 3.05) is 7.05 Å². The van der Waals surface area contributed by atoms with Crippen LogP contribution in [0.1, 0.15) is 45.4 Å². The van der Waals surface area contributed by atoms with Crippen LogP contribution in [0.2, 0.25) is 0 Å². The zero-order valence-electron chi connectivity index (χ0n) is 10.2. The number of rotatable bonds is 5. The monoisotopic (exact) mass is 226 g/mol. The van der Waals surface area contributed by atoms with E-state index < -0.39 is 0 Å². The molecule has 2 N–H and O–H groups in total. The number of Topliss-reactive ketones (excluding diaryl/α,β-unsaturated/α-hetero) is 1. The van der Waals surface area contributed by atoms with E-state index in [0.717, 1.165) is 25.7 Å². The summed E-state index contributed by atoms with van der Waals surface area (Å²) in [5, 5.41) is 6.26. The maximum Gasteiger partial charge on any atom is 0.220 e. The Morgan fingerprint density at radius 1 is 1.06 bits per heavy atom. The van der Waals surface area contributed by atoms with Gasteiger partial charge in [0.1, 0.15) is 5.78 Å². The first-order valence-electron chi connectivity index (χ1n) is 6.08. The molecule has 1 rings (SSSR count). The topological polar surface area (TPSA) is 58.2 Å². The third kappa shape index (κ3) is 4.75. The predicted octanol–water partition coefficient (Wildman–Crippen LogP) is 1.00. The van der Waals surface area contributed by atoms with Gasteiger partial charge in [-0.3, -0.25) is 4.79 Å². The van der Waals surface area contributed by atoms with Gasteiger partial charge in [0, 0.05) is 24.9 Å². The zero-order valence-corrected chi connectivity index (χ0v) is 10.2. The fourth-order valence-electron chi connectivity index (χ4n) is 2.12. The van der Waals surface area contributed by atoms with Gasteiger partial charge in [0.25, 0.3) is 0 Å². The lowest BCUT2D eigenvalue weighted by atomic mass is 9.91. The first kappa shape index (κ1) is 13.2. The molecule has 4 heteroatoms. The molecule has 0 unspecified atom stereocenters. The van der Waals surface area contributed by atoms with Crippen molar-refractivity contribution in [1.29, 1.82) is 0 Å². The van der Waals surface area contributed by atoms with Gasteiger partial charge in [0.05, 0.1) is 0 Å². The zero-order chi connectivity index (χ0) is 12.0. The fourth-order valence-corrected chi connectivity index (χ4v) is 2.12. The van der Waals surface area contributed by atoms with E-state index in [1.807, 2.05) is 7.05 Å². The Bertz CT molecular complexity index is 245. The number of hydrogen-bond donors (Lipinski definition) is 2. The van der Waals surface area contributed by atoms with Gasteiger partial charge in [0.15, 0.2) is 0 Å². The van der Waals surface area contributed by atoms with Gasteiger partial charge in [-0.1, -0.05) is 0 Å². The Balaban J connectivity index is 2.18. The largest absolute Gasteiger partial charge is 0.353 e. The molecule has 92 valence electrons. The van der Waals surface area contributed by atoms with Crippen LogP contribution in [-0.2, 0) is 9.59 Å². The van der Waals surface area contributed by atoms with Crippen LogP contribution in [0.3, 0.4) is 0 Å². The molecule has 0 aromatic heterocycles. The minimum Gasteiger partial charge on any atom is -0.353 e. The van der Waals surface area contributed by atoms with Crippen LogP contribution in [0.5, 0.6) is 0 Å². The van der Waals surface area contributed by atoms with E-state index >= 15 is 0 Å². The van der Waals surface area contributed by atoms with Crippen LogP contribution in [0.4, 0.5) is 0 Å². The van der Waals surface area contributed by atoms with E-state index in [2.05, 4.69) is 10.6 Å². The molecule has 0 aliphatic heterocycles. The Kier molecular flexibility index (Phi) is 5.46. The molecule has 0 aromatic carbocycles. The summed E-state index contributed by atoms with van der Waals surface area (Å²) in [5.41, 5.74) is 0. The number of carbonyl (C=O) groups excluding carboxylic acids is 2. The Morgan fingerprint density at radius 2 is 1.62 bits per heavy atom. The second kappa shape index (κ2) is 6.63. The molecule has 0 bridgehead atoms. The van der Waals surface area contributed by atoms with E-state index in [-0.39, 0.29) is 11.7 Å². The Hall–Kier alpha value is -0.900. The normalized spacial score (nSPS) is 25.1. The minimum absolute atomic E-state index is 0.0168. The summed E-state index contributed by atoms with van der Waals surface area (Å²) in [5.74, 6) is 0.0946. The highest BCUT2D eigenvalue weighted by Gasteiger charge is 2.20. The van der Waals surface area contributed by atoms with Crippen molar-refractivity contribution in [2.24, 2.45) is 0 Å². The Morgan fingerprint density at radius 3 is 2.12 bits per heavy atom. The standard InChI is InChI=1S/C12H22N2O2/c1-9(15)3-8-12(16)14-11-6-4-10(13-2)5-7-11/h10-11,13H,3-8H2,1-2H3,(H,14,16). The molecule has 1 amide bonds. The molecule has 0 radical (unpaired) electrons. The maximum atomic E-state index is 11.5. The van der Waals surface area contributed by atoms with Gasteiger partial charge < -0.3 is 15.4 Å². The van der Waals surface area contributed by atoms with E-state index in [9.17, 15) is 9.59 Å². The van der Waals surface area contributed by atoms with Crippen LogP contribution in [0, 0.1) is 0 Å². The third-order valence-corrected chi connectivity index (χ3v) is 3.20. The molecular formula is C12H22N2O2. The van der Waals surface area contributed by atoms with Gasteiger partial charge in [-0.15, -0.1) is 0 Å².